The molecule has 0 spiro atoms. The lowest BCUT2D eigenvalue weighted by Crippen LogP contribution is -2.43. The van der Waals surface area contributed by atoms with Crippen LogP contribution in [0, 0.1) is 5.92 Å². The van der Waals surface area contributed by atoms with Crippen molar-refractivity contribution in [3.05, 3.63) is 0 Å². The minimum atomic E-state index is -0.820. The average Bonchev–Trinajstić information content (AvgIpc) is 2.57. The first kappa shape index (κ1) is 10.2. The van der Waals surface area contributed by atoms with Crippen molar-refractivity contribution in [2.75, 3.05) is 6.54 Å². The van der Waals surface area contributed by atoms with Gasteiger partial charge < -0.3 is 4.52 Å². The SMILES string of the molecule is CC(C)[C@@]1(C)OP(Cl)N2CCC[C@H]21. The minimum Gasteiger partial charge on any atom is -0.323 e. The lowest BCUT2D eigenvalue weighted by atomic mass is 9.84. The van der Waals surface area contributed by atoms with Crippen LogP contribution in [0.4, 0.5) is 0 Å². The molecular formula is C9H17ClNOP. The molecule has 0 bridgehead atoms. The Hall–Kier alpha value is 0.640. The van der Waals surface area contributed by atoms with Gasteiger partial charge in [-0.25, -0.2) is 4.67 Å². The van der Waals surface area contributed by atoms with Gasteiger partial charge in [-0.15, -0.1) is 0 Å². The Labute approximate surface area is 86.3 Å². The van der Waals surface area contributed by atoms with Gasteiger partial charge in [-0.1, -0.05) is 13.8 Å². The highest BCUT2D eigenvalue weighted by Gasteiger charge is 2.53. The van der Waals surface area contributed by atoms with Gasteiger partial charge in [-0.05, 0) is 36.9 Å². The van der Waals surface area contributed by atoms with E-state index in [4.69, 9.17) is 15.8 Å². The summed E-state index contributed by atoms with van der Waals surface area (Å²) in [4.78, 5) is 0. The van der Waals surface area contributed by atoms with Crippen LogP contribution in [-0.4, -0.2) is 22.9 Å². The zero-order valence-corrected chi connectivity index (χ0v) is 10.1. The van der Waals surface area contributed by atoms with Crippen LogP contribution in [0.1, 0.15) is 33.6 Å². The lowest BCUT2D eigenvalue weighted by Gasteiger charge is -2.32. The van der Waals surface area contributed by atoms with Crippen molar-refractivity contribution in [2.24, 2.45) is 5.92 Å². The maximum Gasteiger partial charge on any atom is 0.207 e. The zero-order chi connectivity index (χ0) is 9.64. The van der Waals surface area contributed by atoms with Crippen molar-refractivity contribution in [1.29, 1.82) is 0 Å². The summed E-state index contributed by atoms with van der Waals surface area (Å²) in [5.74, 6) is 0.546. The zero-order valence-electron chi connectivity index (χ0n) is 8.46. The Morgan fingerprint density at radius 3 is 2.92 bits per heavy atom. The third-order valence-corrected chi connectivity index (χ3v) is 5.72. The molecule has 2 rings (SSSR count). The molecule has 2 saturated heterocycles. The predicted molar refractivity (Wildman–Crippen MR) is 56.8 cm³/mol. The highest BCUT2D eigenvalue weighted by Crippen LogP contribution is 2.63. The molecule has 0 aromatic rings. The highest BCUT2D eigenvalue weighted by molar-refractivity contribution is 7.78. The molecular weight excluding hydrogens is 205 g/mol. The molecule has 2 fully saturated rings. The Bertz CT molecular complexity index is 214. The molecule has 0 radical (unpaired) electrons. The molecule has 0 aliphatic carbocycles. The summed E-state index contributed by atoms with van der Waals surface area (Å²) in [5.41, 5.74) is -0.00997. The molecule has 2 aliphatic heterocycles. The van der Waals surface area contributed by atoms with E-state index < -0.39 is 7.65 Å². The molecule has 0 amide bonds. The van der Waals surface area contributed by atoms with Gasteiger partial charge in [0.05, 0.1) is 5.60 Å². The summed E-state index contributed by atoms with van der Waals surface area (Å²) < 4.78 is 8.29. The molecule has 2 aliphatic rings. The van der Waals surface area contributed by atoms with Crippen molar-refractivity contribution >= 4 is 18.9 Å². The standard InChI is InChI=1S/C9H17ClNOP/c1-7(2)9(3)8-5-4-6-11(8)13(10)12-9/h7-8H,4-6H2,1-3H3/t8-,9+,13?/m0/s1. The van der Waals surface area contributed by atoms with Crippen molar-refractivity contribution in [3.8, 4) is 0 Å². The molecule has 76 valence electrons. The fourth-order valence-corrected chi connectivity index (χ4v) is 4.90. The van der Waals surface area contributed by atoms with Gasteiger partial charge in [0.2, 0.25) is 7.65 Å². The van der Waals surface area contributed by atoms with Crippen LogP contribution in [0.3, 0.4) is 0 Å². The molecule has 2 heterocycles. The fraction of sp³-hybridized carbons (Fsp3) is 1.00. The van der Waals surface area contributed by atoms with Gasteiger partial charge in [-0.3, -0.25) is 0 Å². The second-order valence-corrected chi connectivity index (χ2v) is 6.49. The van der Waals surface area contributed by atoms with Crippen molar-refractivity contribution in [1.82, 2.24) is 4.67 Å². The second-order valence-electron chi connectivity index (χ2n) is 4.48. The largest absolute Gasteiger partial charge is 0.323 e. The Morgan fingerprint density at radius 2 is 2.31 bits per heavy atom. The first-order valence-electron chi connectivity index (χ1n) is 4.97. The predicted octanol–water partition coefficient (Wildman–Crippen LogP) is 3.36. The Morgan fingerprint density at radius 1 is 1.62 bits per heavy atom. The van der Waals surface area contributed by atoms with Crippen LogP contribution in [0.25, 0.3) is 0 Å². The number of hydrogen-bond donors (Lipinski definition) is 0. The number of halogens is 1. The van der Waals surface area contributed by atoms with E-state index in [1.54, 1.807) is 0 Å². The van der Waals surface area contributed by atoms with Gasteiger partial charge in [0.15, 0.2) is 0 Å². The Balaban J connectivity index is 2.23. The van der Waals surface area contributed by atoms with E-state index in [0.717, 1.165) is 6.54 Å². The average molecular weight is 222 g/mol. The third kappa shape index (κ3) is 1.43. The van der Waals surface area contributed by atoms with E-state index in [2.05, 4.69) is 25.4 Å². The van der Waals surface area contributed by atoms with Crippen molar-refractivity contribution in [3.63, 3.8) is 0 Å². The van der Waals surface area contributed by atoms with Gasteiger partial charge >= 0.3 is 0 Å². The van der Waals surface area contributed by atoms with Crippen LogP contribution in [0.2, 0.25) is 0 Å². The summed E-state index contributed by atoms with van der Waals surface area (Å²) >= 11 is 6.21. The van der Waals surface area contributed by atoms with E-state index in [1.165, 1.54) is 12.8 Å². The molecule has 1 unspecified atom stereocenters. The van der Waals surface area contributed by atoms with Gasteiger partial charge in [0.25, 0.3) is 0 Å². The molecule has 2 nitrogen and oxygen atoms in total. The summed E-state index contributed by atoms with van der Waals surface area (Å²) in [6.07, 6.45) is 2.53. The molecule has 13 heavy (non-hydrogen) atoms. The third-order valence-electron chi connectivity index (χ3n) is 3.51. The van der Waals surface area contributed by atoms with Crippen molar-refractivity contribution in [2.45, 2.75) is 45.3 Å². The molecule has 0 aromatic carbocycles. The lowest BCUT2D eigenvalue weighted by molar-refractivity contribution is 0.0413. The maximum atomic E-state index is 6.21. The van der Waals surface area contributed by atoms with E-state index in [1.807, 2.05) is 0 Å². The topological polar surface area (TPSA) is 12.5 Å². The minimum absolute atomic E-state index is 0.00997. The highest BCUT2D eigenvalue weighted by atomic mass is 35.7. The van der Waals surface area contributed by atoms with E-state index in [-0.39, 0.29) is 5.60 Å². The van der Waals surface area contributed by atoms with Crippen LogP contribution in [0.5, 0.6) is 0 Å². The number of hydrogen-bond acceptors (Lipinski definition) is 2. The first-order chi connectivity index (χ1) is 6.05. The quantitative estimate of drug-likeness (QED) is 0.630. The monoisotopic (exact) mass is 221 g/mol. The summed E-state index contributed by atoms with van der Waals surface area (Å²) in [6.45, 7) is 7.79. The smallest absolute Gasteiger partial charge is 0.207 e. The van der Waals surface area contributed by atoms with Crippen LogP contribution >= 0.6 is 18.9 Å². The number of rotatable bonds is 1. The van der Waals surface area contributed by atoms with Crippen molar-refractivity contribution < 1.29 is 4.52 Å². The fourth-order valence-electron chi connectivity index (χ4n) is 2.29. The van der Waals surface area contributed by atoms with E-state index in [9.17, 15) is 0 Å². The molecule has 0 aromatic heterocycles. The summed E-state index contributed by atoms with van der Waals surface area (Å²) in [6, 6.07) is 0.566. The second kappa shape index (κ2) is 3.34. The normalized spacial score (nSPS) is 45.9. The van der Waals surface area contributed by atoms with Gasteiger partial charge in [-0.2, -0.15) is 0 Å². The Kier molecular flexibility index (Phi) is 2.61. The van der Waals surface area contributed by atoms with Crippen LogP contribution in [0.15, 0.2) is 0 Å². The number of fused-ring (bicyclic) bond motifs is 1. The van der Waals surface area contributed by atoms with Gasteiger partial charge in [0.1, 0.15) is 0 Å². The molecule has 4 heteroatoms. The van der Waals surface area contributed by atoms with Gasteiger partial charge in [0, 0.05) is 12.6 Å². The molecule has 3 atom stereocenters. The molecule has 0 saturated carbocycles. The van der Waals surface area contributed by atoms with E-state index >= 15 is 0 Å². The summed E-state index contributed by atoms with van der Waals surface area (Å²) in [7, 11) is -0.820. The maximum absolute atomic E-state index is 6.21. The first-order valence-corrected chi connectivity index (χ1v) is 7.09. The molecule has 0 N–H and O–H groups in total. The van der Waals surface area contributed by atoms with Crippen LogP contribution < -0.4 is 0 Å². The van der Waals surface area contributed by atoms with Crippen LogP contribution in [-0.2, 0) is 4.52 Å². The van der Waals surface area contributed by atoms with E-state index in [0.29, 0.717) is 12.0 Å². The summed E-state index contributed by atoms with van der Waals surface area (Å²) in [5, 5.41) is 0. The number of nitrogens with zero attached hydrogens (tertiary/aromatic N) is 1.